The number of thiophene rings is 1. The summed E-state index contributed by atoms with van der Waals surface area (Å²) >= 11 is 4.98. The summed E-state index contributed by atoms with van der Waals surface area (Å²) in [7, 11) is 0. The molecule has 0 amide bonds. The van der Waals surface area contributed by atoms with Crippen molar-refractivity contribution >= 4 is 27.3 Å². The molecule has 106 valence electrons. The number of ether oxygens (including phenoxy) is 1. The number of hydrogen-bond donors (Lipinski definition) is 1. The molecule has 0 saturated heterocycles. The quantitative estimate of drug-likeness (QED) is 0.824. The van der Waals surface area contributed by atoms with Crippen LogP contribution < -0.4 is 10.1 Å². The minimum Gasteiger partial charge on any atom is -0.485 e. The molecule has 1 fully saturated rings. The van der Waals surface area contributed by atoms with Gasteiger partial charge in [0.1, 0.15) is 6.61 Å². The molecule has 20 heavy (non-hydrogen) atoms. The van der Waals surface area contributed by atoms with Crippen LogP contribution in [0.3, 0.4) is 0 Å². The highest BCUT2D eigenvalue weighted by Crippen LogP contribution is 2.24. The van der Waals surface area contributed by atoms with Crippen molar-refractivity contribution in [3.63, 3.8) is 0 Å². The van der Waals surface area contributed by atoms with E-state index in [9.17, 15) is 4.39 Å². The molecule has 5 heteroatoms. The molecule has 1 aliphatic carbocycles. The van der Waals surface area contributed by atoms with Crippen LogP contribution in [-0.2, 0) is 13.2 Å². The molecular weight excluding hydrogens is 341 g/mol. The Morgan fingerprint density at radius 3 is 2.85 bits per heavy atom. The summed E-state index contributed by atoms with van der Waals surface area (Å²) in [6.45, 7) is 1.12. The topological polar surface area (TPSA) is 21.3 Å². The van der Waals surface area contributed by atoms with Crippen LogP contribution in [0.25, 0.3) is 0 Å². The molecule has 1 aliphatic rings. The highest BCUT2D eigenvalue weighted by Gasteiger charge is 2.20. The van der Waals surface area contributed by atoms with Gasteiger partial charge in [-0.25, -0.2) is 4.39 Å². The lowest BCUT2D eigenvalue weighted by Crippen LogP contribution is -2.15. The van der Waals surface area contributed by atoms with Gasteiger partial charge in [-0.2, -0.15) is 0 Å². The van der Waals surface area contributed by atoms with E-state index >= 15 is 0 Å². The average Bonchev–Trinajstić information content (AvgIpc) is 3.17. The third-order valence-corrected chi connectivity index (χ3v) is 4.83. The van der Waals surface area contributed by atoms with Crippen molar-refractivity contribution < 1.29 is 9.13 Å². The van der Waals surface area contributed by atoms with Gasteiger partial charge < -0.3 is 10.1 Å². The molecule has 0 bridgehead atoms. The lowest BCUT2D eigenvalue weighted by Gasteiger charge is -2.08. The van der Waals surface area contributed by atoms with E-state index in [2.05, 4.69) is 21.2 Å². The first-order chi connectivity index (χ1) is 9.70. The minimum atomic E-state index is -0.296. The summed E-state index contributed by atoms with van der Waals surface area (Å²) in [5, 5.41) is 5.36. The zero-order chi connectivity index (χ0) is 13.9. The molecule has 0 unspecified atom stereocenters. The molecule has 0 radical (unpaired) electrons. The minimum absolute atomic E-state index is 0.296. The van der Waals surface area contributed by atoms with Crippen molar-refractivity contribution in [2.45, 2.75) is 32.0 Å². The Morgan fingerprint density at radius 2 is 2.20 bits per heavy atom. The van der Waals surface area contributed by atoms with Gasteiger partial charge in [0.05, 0.1) is 0 Å². The summed E-state index contributed by atoms with van der Waals surface area (Å²) in [5.74, 6) is 0.0143. The lowest BCUT2D eigenvalue weighted by molar-refractivity contribution is 0.293. The van der Waals surface area contributed by atoms with Gasteiger partial charge in [-0.3, -0.25) is 0 Å². The predicted molar refractivity (Wildman–Crippen MR) is 82.6 cm³/mol. The van der Waals surface area contributed by atoms with Gasteiger partial charge in [-0.1, -0.05) is 6.07 Å². The van der Waals surface area contributed by atoms with Crippen molar-refractivity contribution in [1.29, 1.82) is 0 Å². The van der Waals surface area contributed by atoms with Crippen LogP contribution >= 0.6 is 27.3 Å². The fourth-order valence-corrected chi connectivity index (χ4v) is 3.26. The molecule has 2 aromatic rings. The number of hydrogen-bond acceptors (Lipinski definition) is 3. The second-order valence-electron chi connectivity index (χ2n) is 4.94. The van der Waals surface area contributed by atoms with Crippen LogP contribution in [0.1, 0.15) is 23.3 Å². The molecule has 1 N–H and O–H groups in total. The predicted octanol–water partition coefficient (Wildman–Crippen LogP) is 4.48. The van der Waals surface area contributed by atoms with Gasteiger partial charge in [0.2, 0.25) is 0 Å². The fraction of sp³-hybridized carbons (Fsp3) is 0.333. The van der Waals surface area contributed by atoms with Crippen LogP contribution in [0.2, 0.25) is 0 Å². The number of benzene rings is 1. The van der Waals surface area contributed by atoms with E-state index in [4.69, 9.17) is 4.74 Å². The number of rotatable bonds is 6. The highest BCUT2D eigenvalue weighted by atomic mass is 79.9. The molecule has 0 spiro atoms. The average molecular weight is 356 g/mol. The summed E-state index contributed by atoms with van der Waals surface area (Å²) in [6.07, 6.45) is 2.47. The van der Waals surface area contributed by atoms with E-state index in [0.29, 0.717) is 18.4 Å². The van der Waals surface area contributed by atoms with Crippen molar-refractivity contribution in [1.82, 2.24) is 5.32 Å². The molecule has 0 atom stereocenters. The zero-order valence-corrected chi connectivity index (χ0v) is 13.3. The van der Waals surface area contributed by atoms with Crippen molar-refractivity contribution in [3.05, 3.63) is 50.4 Å². The third kappa shape index (κ3) is 3.81. The van der Waals surface area contributed by atoms with Crippen LogP contribution in [0, 0.1) is 5.82 Å². The van der Waals surface area contributed by atoms with E-state index in [0.717, 1.165) is 21.5 Å². The maximum atomic E-state index is 13.9. The SMILES string of the molecule is Fc1cc(CNC2CC2)ccc1OCc1cc(Br)cs1. The molecule has 1 heterocycles. The first kappa shape index (κ1) is 14.0. The smallest absolute Gasteiger partial charge is 0.165 e. The third-order valence-electron chi connectivity index (χ3n) is 3.16. The van der Waals surface area contributed by atoms with E-state index in [1.165, 1.54) is 12.8 Å². The molecule has 1 aromatic carbocycles. The second-order valence-corrected chi connectivity index (χ2v) is 6.85. The van der Waals surface area contributed by atoms with Crippen LogP contribution in [0.5, 0.6) is 5.75 Å². The summed E-state index contributed by atoms with van der Waals surface area (Å²) in [6, 6.07) is 7.79. The molecule has 1 aromatic heterocycles. The van der Waals surface area contributed by atoms with Gasteiger partial charge in [-0.15, -0.1) is 11.3 Å². The number of nitrogens with one attached hydrogen (secondary N) is 1. The summed E-state index contributed by atoms with van der Waals surface area (Å²) in [5.41, 5.74) is 0.959. The lowest BCUT2D eigenvalue weighted by atomic mass is 10.2. The normalized spacial score (nSPS) is 14.5. The monoisotopic (exact) mass is 355 g/mol. The van der Waals surface area contributed by atoms with Gasteiger partial charge in [0, 0.05) is 27.3 Å². The number of halogens is 2. The molecule has 1 saturated carbocycles. The Bertz CT molecular complexity index is 597. The van der Waals surface area contributed by atoms with E-state index in [1.807, 2.05) is 17.5 Å². The van der Waals surface area contributed by atoms with Crippen molar-refractivity contribution in [2.24, 2.45) is 0 Å². The van der Waals surface area contributed by atoms with Crippen molar-refractivity contribution in [3.8, 4) is 5.75 Å². The van der Waals surface area contributed by atoms with E-state index < -0.39 is 0 Å². The van der Waals surface area contributed by atoms with Gasteiger partial charge >= 0.3 is 0 Å². The van der Waals surface area contributed by atoms with Gasteiger partial charge in [0.25, 0.3) is 0 Å². The van der Waals surface area contributed by atoms with Crippen LogP contribution in [0.4, 0.5) is 4.39 Å². The summed E-state index contributed by atoms with van der Waals surface area (Å²) in [4.78, 5) is 1.07. The van der Waals surface area contributed by atoms with Crippen molar-refractivity contribution in [2.75, 3.05) is 0 Å². The van der Waals surface area contributed by atoms with E-state index in [1.54, 1.807) is 23.5 Å². The summed E-state index contributed by atoms with van der Waals surface area (Å²) < 4.78 is 20.5. The molecule has 2 nitrogen and oxygen atoms in total. The van der Waals surface area contributed by atoms with E-state index in [-0.39, 0.29) is 5.82 Å². The first-order valence-electron chi connectivity index (χ1n) is 6.58. The Kier molecular flexibility index (Phi) is 4.38. The maximum Gasteiger partial charge on any atom is 0.165 e. The molecule has 3 rings (SSSR count). The molecule has 0 aliphatic heterocycles. The van der Waals surface area contributed by atoms with Gasteiger partial charge in [0.15, 0.2) is 11.6 Å². The second kappa shape index (κ2) is 6.24. The largest absolute Gasteiger partial charge is 0.485 e. The molecular formula is C15H15BrFNOS. The Hall–Kier alpha value is -0.910. The van der Waals surface area contributed by atoms with Crippen LogP contribution in [0.15, 0.2) is 34.1 Å². The zero-order valence-electron chi connectivity index (χ0n) is 10.9. The van der Waals surface area contributed by atoms with Crippen LogP contribution in [-0.4, -0.2) is 6.04 Å². The van der Waals surface area contributed by atoms with Gasteiger partial charge in [-0.05, 0) is 52.5 Å². The Labute approximate surface area is 130 Å². The Morgan fingerprint density at radius 1 is 1.35 bits per heavy atom. The standard InChI is InChI=1S/C15H15BrFNOS/c16-11-6-13(20-9-11)8-19-15-4-1-10(5-14(15)17)7-18-12-2-3-12/h1,4-6,9,12,18H,2-3,7-8H2. The fourth-order valence-electron chi connectivity index (χ4n) is 1.90. The Balaban J connectivity index is 1.58. The highest BCUT2D eigenvalue weighted by molar-refractivity contribution is 9.10. The maximum absolute atomic E-state index is 13.9. The first-order valence-corrected chi connectivity index (χ1v) is 8.25.